The number of piperazine rings is 1. The van der Waals surface area contributed by atoms with Crippen LogP contribution in [0.2, 0.25) is 0 Å². The minimum atomic E-state index is -0.548. The summed E-state index contributed by atoms with van der Waals surface area (Å²) in [5.74, 6) is -0.265. The van der Waals surface area contributed by atoms with Crippen LogP contribution in [-0.4, -0.2) is 73.3 Å². The molecule has 1 aromatic rings. The van der Waals surface area contributed by atoms with Gasteiger partial charge < -0.3 is 15.1 Å². The zero-order chi connectivity index (χ0) is 18.7. The average molecular weight is 358 g/mol. The summed E-state index contributed by atoms with van der Waals surface area (Å²) in [5, 5.41) is 2.61. The van der Waals surface area contributed by atoms with Gasteiger partial charge in [0.05, 0.1) is 6.54 Å². The maximum Gasteiger partial charge on any atom is 0.243 e. The molecule has 0 radical (unpaired) electrons. The van der Waals surface area contributed by atoms with Crippen LogP contribution in [0.4, 0.5) is 5.69 Å². The molecule has 2 heterocycles. The number of hydrogen-bond acceptors (Lipinski definition) is 4. The van der Waals surface area contributed by atoms with Crippen LogP contribution in [0.3, 0.4) is 0 Å². The molecule has 2 aliphatic heterocycles. The second-order valence-electron chi connectivity index (χ2n) is 6.86. The molecule has 0 saturated carbocycles. The van der Waals surface area contributed by atoms with E-state index >= 15 is 0 Å². The summed E-state index contributed by atoms with van der Waals surface area (Å²) in [6, 6.07) is 7.47. The Morgan fingerprint density at radius 2 is 1.92 bits per heavy atom. The van der Waals surface area contributed by atoms with Gasteiger partial charge in [-0.25, -0.2) is 0 Å². The van der Waals surface area contributed by atoms with Crippen LogP contribution in [0, 0.1) is 0 Å². The number of likely N-dealkylation sites (N-methyl/N-ethyl adjacent to an activating group) is 1. The number of nitrogens with zero attached hydrogens (tertiary/aromatic N) is 3. The van der Waals surface area contributed by atoms with Gasteiger partial charge in [-0.1, -0.05) is 18.2 Å². The molecule has 0 aliphatic carbocycles. The van der Waals surface area contributed by atoms with E-state index in [1.807, 2.05) is 28.0 Å². The molecule has 1 N–H and O–H groups in total. The number of fused-ring (bicyclic) bond motifs is 1. The summed E-state index contributed by atoms with van der Waals surface area (Å²) in [5.41, 5.74) is 2.20. The fourth-order valence-electron chi connectivity index (χ4n) is 3.82. The van der Waals surface area contributed by atoms with Crippen LogP contribution >= 0.6 is 0 Å². The Hall–Kier alpha value is -2.41. The highest BCUT2D eigenvalue weighted by Gasteiger charge is 2.34. The summed E-state index contributed by atoms with van der Waals surface area (Å²) in [6.07, 6.45) is 1.96. The first kappa shape index (κ1) is 18.4. The molecule has 0 unspecified atom stereocenters. The third kappa shape index (κ3) is 3.72. The lowest BCUT2D eigenvalue weighted by Gasteiger charge is -2.40. The fraction of sp³-hybridized carbons (Fsp3) is 0.526. The van der Waals surface area contributed by atoms with Gasteiger partial charge >= 0.3 is 0 Å². The Bertz CT molecular complexity index is 706. The van der Waals surface area contributed by atoms with Crippen LogP contribution in [0.1, 0.15) is 18.9 Å². The molecular formula is C19H26N4O3. The maximum absolute atomic E-state index is 12.9. The van der Waals surface area contributed by atoms with Gasteiger partial charge in [0.25, 0.3) is 0 Å². The molecule has 7 nitrogen and oxygen atoms in total. The lowest BCUT2D eigenvalue weighted by Crippen LogP contribution is -2.61. The summed E-state index contributed by atoms with van der Waals surface area (Å²) < 4.78 is 0. The third-order valence-electron chi connectivity index (χ3n) is 5.19. The van der Waals surface area contributed by atoms with E-state index in [1.165, 1.54) is 12.5 Å². The van der Waals surface area contributed by atoms with Crippen molar-refractivity contribution in [3.63, 3.8) is 0 Å². The number of hydrogen-bond donors (Lipinski definition) is 1. The van der Waals surface area contributed by atoms with E-state index in [-0.39, 0.29) is 24.3 Å². The van der Waals surface area contributed by atoms with Crippen molar-refractivity contribution in [2.75, 3.05) is 44.7 Å². The zero-order valence-corrected chi connectivity index (χ0v) is 15.4. The Morgan fingerprint density at radius 3 is 2.65 bits per heavy atom. The van der Waals surface area contributed by atoms with Crippen molar-refractivity contribution in [1.82, 2.24) is 15.1 Å². The average Bonchev–Trinajstić information content (AvgIpc) is 2.66. The van der Waals surface area contributed by atoms with Gasteiger partial charge in [-0.3, -0.25) is 19.3 Å². The molecule has 1 atom stereocenters. The van der Waals surface area contributed by atoms with Gasteiger partial charge in [-0.15, -0.1) is 0 Å². The third-order valence-corrected chi connectivity index (χ3v) is 5.19. The molecule has 3 rings (SSSR count). The molecule has 1 fully saturated rings. The van der Waals surface area contributed by atoms with Crippen LogP contribution in [-0.2, 0) is 20.8 Å². The molecule has 2 aliphatic rings. The Morgan fingerprint density at radius 1 is 1.15 bits per heavy atom. The van der Waals surface area contributed by atoms with E-state index in [0.717, 1.165) is 25.1 Å². The first-order valence-corrected chi connectivity index (χ1v) is 9.10. The van der Waals surface area contributed by atoms with Gasteiger partial charge in [0.1, 0.15) is 6.04 Å². The minimum absolute atomic E-state index is 0.0454. The van der Waals surface area contributed by atoms with Gasteiger partial charge in [-0.05, 0) is 24.5 Å². The molecule has 0 bridgehead atoms. The highest BCUT2D eigenvalue weighted by Crippen LogP contribution is 2.27. The summed E-state index contributed by atoms with van der Waals surface area (Å²) >= 11 is 0. The number of para-hydroxylation sites is 1. The summed E-state index contributed by atoms with van der Waals surface area (Å²) in [4.78, 5) is 42.2. The highest BCUT2D eigenvalue weighted by atomic mass is 16.2. The second kappa shape index (κ2) is 7.86. The van der Waals surface area contributed by atoms with E-state index in [1.54, 1.807) is 11.9 Å². The van der Waals surface area contributed by atoms with Crippen molar-refractivity contribution in [2.45, 2.75) is 25.8 Å². The van der Waals surface area contributed by atoms with Gasteiger partial charge in [-0.2, -0.15) is 0 Å². The Balaban J connectivity index is 1.69. The molecule has 0 aromatic heterocycles. The highest BCUT2D eigenvalue weighted by molar-refractivity contribution is 5.96. The maximum atomic E-state index is 12.9. The van der Waals surface area contributed by atoms with E-state index in [9.17, 15) is 14.4 Å². The first-order chi connectivity index (χ1) is 12.5. The van der Waals surface area contributed by atoms with Crippen molar-refractivity contribution in [3.05, 3.63) is 29.8 Å². The van der Waals surface area contributed by atoms with Crippen LogP contribution in [0.15, 0.2) is 24.3 Å². The quantitative estimate of drug-likeness (QED) is 0.840. The SMILES string of the molecule is CNC(=O)[C@@H]1CN(CC(=O)N2CCCc3ccccc32)CCN1C(C)=O. The molecule has 1 aromatic carbocycles. The Labute approximate surface area is 153 Å². The summed E-state index contributed by atoms with van der Waals surface area (Å²) in [6.45, 7) is 3.88. The Kier molecular flexibility index (Phi) is 5.56. The van der Waals surface area contributed by atoms with Crippen molar-refractivity contribution >= 4 is 23.4 Å². The van der Waals surface area contributed by atoms with E-state index in [2.05, 4.69) is 11.4 Å². The van der Waals surface area contributed by atoms with Crippen LogP contribution in [0.5, 0.6) is 0 Å². The number of rotatable bonds is 3. The van der Waals surface area contributed by atoms with E-state index in [0.29, 0.717) is 19.6 Å². The lowest BCUT2D eigenvalue weighted by atomic mass is 10.0. The van der Waals surface area contributed by atoms with Crippen LogP contribution < -0.4 is 10.2 Å². The predicted molar refractivity (Wildman–Crippen MR) is 98.8 cm³/mol. The molecule has 3 amide bonds. The number of carbonyl (C=O) groups excluding carboxylic acids is 3. The number of carbonyl (C=O) groups is 3. The first-order valence-electron chi connectivity index (χ1n) is 9.10. The normalized spacial score (nSPS) is 20.5. The van der Waals surface area contributed by atoms with Gasteiger partial charge in [0, 0.05) is 45.8 Å². The van der Waals surface area contributed by atoms with Crippen molar-refractivity contribution < 1.29 is 14.4 Å². The summed E-state index contributed by atoms with van der Waals surface area (Å²) in [7, 11) is 1.56. The number of nitrogens with one attached hydrogen (secondary N) is 1. The molecule has 140 valence electrons. The van der Waals surface area contributed by atoms with E-state index < -0.39 is 6.04 Å². The lowest BCUT2D eigenvalue weighted by molar-refractivity contribution is -0.142. The number of amides is 3. The molecular weight excluding hydrogens is 332 g/mol. The van der Waals surface area contributed by atoms with Crippen molar-refractivity contribution in [1.29, 1.82) is 0 Å². The smallest absolute Gasteiger partial charge is 0.243 e. The predicted octanol–water partition coefficient (Wildman–Crippen LogP) is 0.245. The molecule has 26 heavy (non-hydrogen) atoms. The number of anilines is 1. The molecule has 1 saturated heterocycles. The number of aryl methyl sites for hydroxylation is 1. The monoisotopic (exact) mass is 358 g/mol. The fourth-order valence-corrected chi connectivity index (χ4v) is 3.82. The molecule has 7 heteroatoms. The number of benzene rings is 1. The minimum Gasteiger partial charge on any atom is -0.357 e. The topological polar surface area (TPSA) is 73.0 Å². The molecule has 0 spiro atoms. The second-order valence-corrected chi connectivity index (χ2v) is 6.86. The van der Waals surface area contributed by atoms with Crippen molar-refractivity contribution in [3.8, 4) is 0 Å². The van der Waals surface area contributed by atoms with Crippen molar-refractivity contribution in [2.24, 2.45) is 0 Å². The van der Waals surface area contributed by atoms with Gasteiger partial charge in [0.15, 0.2) is 0 Å². The van der Waals surface area contributed by atoms with Crippen LogP contribution in [0.25, 0.3) is 0 Å². The van der Waals surface area contributed by atoms with Gasteiger partial charge in [0.2, 0.25) is 17.7 Å². The van der Waals surface area contributed by atoms with E-state index in [4.69, 9.17) is 0 Å². The zero-order valence-electron chi connectivity index (χ0n) is 15.4. The largest absolute Gasteiger partial charge is 0.357 e. The standard InChI is InChI=1S/C19H26N4O3/c1-14(24)22-11-10-21(12-17(22)19(26)20-2)13-18(25)23-9-5-7-15-6-3-4-8-16(15)23/h3-4,6,8,17H,5,7,9-13H2,1-2H3,(H,20,26)/t17-/m0/s1.